The van der Waals surface area contributed by atoms with Gasteiger partial charge in [0.1, 0.15) is 0 Å². The van der Waals surface area contributed by atoms with Crippen molar-refractivity contribution in [3.05, 3.63) is 35.9 Å². The predicted octanol–water partition coefficient (Wildman–Crippen LogP) is 0.972. The molecule has 4 N–H and O–H groups in total. The highest BCUT2D eigenvalue weighted by Gasteiger charge is 2.13. The fourth-order valence-electron chi connectivity index (χ4n) is 2.09. The van der Waals surface area contributed by atoms with Crippen LogP contribution >= 0.6 is 0 Å². The Hall–Kier alpha value is -1.92. The fraction of sp³-hybridized carbons (Fsp3) is 0.529. The lowest BCUT2D eigenvalue weighted by atomic mass is 10.1. The minimum absolute atomic E-state index is 0.166. The first-order valence-corrected chi connectivity index (χ1v) is 8.05. The maximum atomic E-state index is 11.9. The van der Waals surface area contributed by atoms with Crippen molar-refractivity contribution in [1.29, 1.82) is 0 Å². The van der Waals surface area contributed by atoms with Crippen LogP contribution in [0.1, 0.15) is 19.4 Å². The van der Waals surface area contributed by atoms with E-state index in [4.69, 9.17) is 5.73 Å². The summed E-state index contributed by atoms with van der Waals surface area (Å²) >= 11 is 0. The third-order valence-electron chi connectivity index (χ3n) is 3.30. The summed E-state index contributed by atoms with van der Waals surface area (Å²) in [6.07, 6.45) is 0.841. The van der Waals surface area contributed by atoms with E-state index in [-0.39, 0.29) is 12.5 Å². The molecule has 6 nitrogen and oxygen atoms in total. The average Bonchev–Trinajstić information content (AvgIpc) is 2.52. The van der Waals surface area contributed by atoms with Gasteiger partial charge in [-0.3, -0.25) is 15.0 Å². The number of hydrogen-bond donors (Lipinski definition) is 3. The van der Waals surface area contributed by atoms with E-state index in [2.05, 4.69) is 22.8 Å². The molecule has 128 valence electrons. The Balaban J connectivity index is 2.38. The van der Waals surface area contributed by atoms with Gasteiger partial charge in [-0.15, -0.1) is 0 Å². The minimum Gasteiger partial charge on any atom is -0.338 e. The van der Waals surface area contributed by atoms with Crippen LogP contribution in [0.3, 0.4) is 0 Å². The molecule has 0 atom stereocenters. The molecule has 0 aliphatic heterocycles. The molecule has 0 radical (unpaired) electrons. The van der Waals surface area contributed by atoms with Gasteiger partial charge in [0.25, 0.3) is 0 Å². The summed E-state index contributed by atoms with van der Waals surface area (Å²) in [5.74, 6) is 0.0308. The van der Waals surface area contributed by atoms with E-state index in [1.54, 1.807) is 0 Å². The van der Waals surface area contributed by atoms with Crippen molar-refractivity contribution in [2.75, 3.05) is 32.7 Å². The number of urea groups is 1. The molecular weight excluding hydrogens is 292 g/mol. The van der Waals surface area contributed by atoms with Gasteiger partial charge in [-0.1, -0.05) is 44.2 Å². The zero-order valence-electron chi connectivity index (χ0n) is 14.0. The predicted molar refractivity (Wildman–Crippen MR) is 92.0 cm³/mol. The molecule has 0 heterocycles. The molecule has 0 unspecified atom stereocenters. The summed E-state index contributed by atoms with van der Waals surface area (Å²) in [5.41, 5.74) is 6.82. The van der Waals surface area contributed by atoms with E-state index in [0.717, 1.165) is 13.0 Å². The van der Waals surface area contributed by atoms with Gasteiger partial charge in [0.2, 0.25) is 5.91 Å². The molecule has 6 heteroatoms. The molecule has 23 heavy (non-hydrogen) atoms. The number of carbonyl (C=O) groups is 2. The van der Waals surface area contributed by atoms with Gasteiger partial charge in [0, 0.05) is 26.2 Å². The van der Waals surface area contributed by atoms with Crippen molar-refractivity contribution in [3.8, 4) is 0 Å². The van der Waals surface area contributed by atoms with Crippen molar-refractivity contribution in [1.82, 2.24) is 15.5 Å². The second kappa shape index (κ2) is 10.7. The average molecular weight is 320 g/mol. The summed E-state index contributed by atoms with van der Waals surface area (Å²) in [7, 11) is 0. The molecular formula is C17H28N4O2. The van der Waals surface area contributed by atoms with E-state index in [0.29, 0.717) is 25.6 Å². The van der Waals surface area contributed by atoms with Crippen LogP contribution in [0.2, 0.25) is 0 Å². The Labute approximate surface area is 138 Å². The molecule has 0 bridgehead atoms. The lowest BCUT2D eigenvalue weighted by Crippen LogP contribution is -2.46. The fourth-order valence-corrected chi connectivity index (χ4v) is 2.09. The van der Waals surface area contributed by atoms with Gasteiger partial charge in [0.15, 0.2) is 0 Å². The Morgan fingerprint density at radius 3 is 2.48 bits per heavy atom. The summed E-state index contributed by atoms with van der Waals surface area (Å²) in [4.78, 5) is 25.5. The summed E-state index contributed by atoms with van der Waals surface area (Å²) in [6.45, 7) is 6.51. The molecule has 1 rings (SSSR count). The molecule has 0 aliphatic rings. The zero-order chi connectivity index (χ0) is 17.1. The van der Waals surface area contributed by atoms with Crippen molar-refractivity contribution in [3.63, 3.8) is 0 Å². The molecule has 0 saturated heterocycles. The van der Waals surface area contributed by atoms with Crippen LogP contribution in [0.5, 0.6) is 0 Å². The highest BCUT2D eigenvalue weighted by molar-refractivity contribution is 5.95. The van der Waals surface area contributed by atoms with Crippen LogP contribution in [0, 0.1) is 5.92 Å². The lowest BCUT2D eigenvalue weighted by molar-refractivity contribution is -0.121. The first-order valence-electron chi connectivity index (χ1n) is 8.05. The summed E-state index contributed by atoms with van der Waals surface area (Å²) in [6, 6.07) is 9.63. The van der Waals surface area contributed by atoms with Crippen molar-refractivity contribution < 1.29 is 9.59 Å². The number of carbonyl (C=O) groups excluding carboxylic acids is 2. The standard InChI is InChI=1S/C17H28N4O2/c1-14(2)12-19-17(23)20-16(22)13-21(11-9-18)10-8-15-6-4-3-5-7-15/h3-7,14H,8-13,18H2,1-2H3,(H2,19,20,22,23). The maximum Gasteiger partial charge on any atom is 0.321 e. The Morgan fingerprint density at radius 2 is 1.87 bits per heavy atom. The number of nitrogens with one attached hydrogen (secondary N) is 2. The molecule has 0 spiro atoms. The smallest absolute Gasteiger partial charge is 0.321 e. The number of amides is 3. The second-order valence-electron chi connectivity index (χ2n) is 5.95. The van der Waals surface area contributed by atoms with Crippen LogP contribution in [-0.2, 0) is 11.2 Å². The minimum atomic E-state index is -0.445. The van der Waals surface area contributed by atoms with E-state index in [9.17, 15) is 9.59 Å². The third kappa shape index (κ3) is 8.95. The zero-order valence-corrected chi connectivity index (χ0v) is 14.0. The van der Waals surface area contributed by atoms with Gasteiger partial charge in [-0.2, -0.15) is 0 Å². The van der Waals surface area contributed by atoms with Crippen LogP contribution < -0.4 is 16.4 Å². The van der Waals surface area contributed by atoms with Crippen LogP contribution in [0.15, 0.2) is 30.3 Å². The van der Waals surface area contributed by atoms with E-state index >= 15 is 0 Å². The van der Waals surface area contributed by atoms with Gasteiger partial charge in [-0.25, -0.2) is 4.79 Å². The monoisotopic (exact) mass is 320 g/mol. The lowest BCUT2D eigenvalue weighted by Gasteiger charge is -2.21. The Bertz CT molecular complexity index is 477. The number of benzene rings is 1. The molecule has 0 saturated carbocycles. The van der Waals surface area contributed by atoms with Crippen molar-refractivity contribution >= 4 is 11.9 Å². The Kier molecular flexibility index (Phi) is 8.94. The van der Waals surface area contributed by atoms with Gasteiger partial charge >= 0.3 is 6.03 Å². The topological polar surface area (TPSA) is 87.5 Å². The summed E-state index contributed by atoms with van der Waals surface area (Å²) < 4.78 is 0. The van der Waals surface area contributed by atoms with Crippen LogP contribution in [-0.4, -0.2) is 49.6 Å². The van der Waals surface area contributed by atoms with Crippen LogP contribution in [0.25, 0.3) is 0 Å². The SMILES string of the molecule is CC(C)CNC(=O)NC(=O)CN(CCN)CCc1ccccc1. The first-order chi connectivity index (χ1) is 11.0. The van der Waals surface area contributed by atoms with E-state index in [1.165, 1.54) is 5.56 Å². The number of nitrogens with two attached hydrogens (primary N) is 1. The van der Waals surface area contributed by atoms with Crippen molar-refractivity contribution in [2.45, 2.75) is 20.3 Å². The molecule has 1 aromatic carbocycles. The van der Waals surface area contributed by atoms with Crippen molar-refractivity contribution in [2.24, 2.45) is 11.7 Å². The number of imide groups is 1. The molecule has 0 aliphatic carbocycles. The largest absolute Gasteiger partial charge is 0.338 e. The summed E-state index contributed by atoms with van der Waals surface area (Å²) in [5, 5.41) is 5.01. The molecule has 3 amide bonds. The quantitative estimate of drug-likeness (QED) is 0.633. The maximum absolute atomic E-state index is 11.9. The number of rotatable bonds is 9. The molecule has 0 aromatic heterocycles. The normalized spacial score (nSPS) is 10.8. The first kappa shape index (κ1) is 19.1. The molecule has 1 aromatic rings. The third-order valence-corrected chi connectivity index (χ3v) is 3.30. The van der Waals surface area contributed by atoms with E-state index in [1.807, 2.05) is 36.9 Å². The van der Waals surface area contributed by atoms with Gasteiger partial charge < -0.3 is 11.1 Å². The van der Waals surface area contributed by atoms with E-state index < -0.39 is 6.03 Å². The van der Waals surface area contributed by atoms with Gasteiger partial charge in [0.05, 0.1) is 6.54 Å². The second-order valence-corrected chi connectivity index (χ2v) is 5.95. The Morgan fingerprint density at radius 1 is 1.17 bits per heavy atom. The van der Waals surface area contributed by atoms with Crippen LogP contribution in [0.4, 0.5) is 4.79 Å². The highest BCUT2D eigenvalue weighted by atomic mass is 16.2. The van der Waals surface area contributed by atoms with Gasteiger partial charge in [-0.05, 0) is 17.9 Å². The number of hydrogen-bond acceptors (Lipinski definition) is 4. The highest BCUT2D eigenvalue weighted by Crippen LogP contribution is 2.01. The molecule has 0 fully saturated rings. The number of nitrogens with zero attached hydrogens (tertiary/aromatic N) is 1.